The third-order valence-corrected chi connectivity index (χ3v) is 3.44. The molecule has 2 heterocycles. The molecule has 0 atom stereocenters. The van der Waals surface area contributed by atoms with E-state index in [-0.39, 0.29) is 5.91 Å². The summed E-state index contributed by atoms with van der Waals surface area (Å²) < 4.78 is 11.6. The summed E-state index contributed by atoms with van der Waals surface area (Å²) in [5.74, 6) is 1.45. The molecule has 1 aromatic heterocycles. The highest BCUT2D eigenvalue weighted by atomic mass is 79.9. The lowest BCUT2D eigenvalue weighted by molar-refractivity contribution is 0.102. The van der Waals surface area contributed by atoms with Crippen LogP contribution >= 0.6 is 15.9 Å². The number of nitrogens with one attached hydrogen (secondary N) is 1. The van der Waals surface area contributed by atoms with E-state index in [2.05, 4.69) is 26.2 Å². The van der Waals surface area contributed by atoms with E-state index in [1.807, 2.05) is 6.07 Å². The Kier molecular flexibility index (Phi) is 3.56. The fourth-order valence-corrected chi connectivity index (χ4v) is 2.36. The number of nitrogens with zero attached hydrogens (tertiary/aromatic N) is 1. The number of carbonyl (C=O) groups is 1. The van der Waals surface area contributed by atoms with Crippen molar-refractivity contribution < 1.29 is 14.3 Å². The summed E-state index contributed by atoms with van der Waals surface area (Å²) in [7, 11) is 0. The first-order valence-electron chi connectivity index (χ1n) is 6.05. The molecule has 3 rings (SSSR count). The fourth-order valence-electron chi connectivity index (χ4n) is 1.86. The van der Waals surface area contributed by atoms with Crippen LogP contribution in [-0.2, 0) is 0 Å². The van der Waals surface area contributed by atoms with Crippen LogP contribution in [0.1, 0.15) is 10.4 Å². The Balaban J connectivity index is 1.88. The van der Waals surface area contributed by atoms with E-state index in [9.17, 15) is 4.79 Å². The summed E-state index contributed by atoms with van der Waals surface area (Å²) in [6, 6.07) is 8.72. The summed E-state index contributed by atoms with van der Waals surface area (Å²) in [6.45, 7) is 0.995. The maximum absolute atomic E-state index is 12.2. The van der Waals surface area contributed by atoms with Crippen LogP contribution in [0, 0.1) is 0 Å². The van der Waals surface area contributed by atoms with E-state index in [1.54, 1.807) is 30.5 Å². The van der Waals surface area contributed by atoms with Gasteiger partial charge in [-0.3, -0.25) is 4.79 Å². The van der Waals surface area contributed by atoms with Gasteiger partial charge in [0.25, 0.3) is 5.91 Å². The van der Waals surface area contributed by atoms with Gasteiger partial charge in [-0.25, -0.2) is 4.98 Å². The van der Waals surface area contributed by atoms with Gasteiger partial charge >= 0.3 is 0 Å². The van der Waals surface area contributed by atoms with Gasteiger partial charge < -0.3 is 14.8 Å². The van der Waals surface area contributed by atoms with Gasteiger partial charge in [-0.15, -0.1) is 0 Å². The first kappa shape index (κ1) is 12.9. The second kappa shape index (κ2) is 5.50. The fraction of sp³-hybridized carbons (Fsp3) is 0.143. The second-order valence-electron chi connectivity index (χ2n) is 4.14. The van der Waals surface area contributed by atoms with Crippen LogP contribution in [0.15, 0.2) is 41.0 Å². The van der Waals surface area contributed by atoms with Gasteiger partial charge in [0.1, 0.15) is 19.0 Å². The molecule has 102 valence electrons. The van der Waals surface area contributed by atoms with E-state index < -0.39 is 0 Å². The van der Waals surface area contributed by atoms with Crippen molar-refractivity contribution in [2.24, 2.45) is 0 Å². The largest absolute Gasteiger partial charge is 0.486 e. The molecule has 0 saturated heterocycles. The van der Waals surface area contributed by atoms with Gasteiger partial charge in [0, 0.05) is 10.7 Å². The Morgan fingerprint density at radius 3 is 2.65 bits per heavy atom. The summed E-state index contributed by atoms with van der Waals surface area (Å²) in [5.41, 5.74) is 0.472. The van der Waals surface area contributed by atoms with Crippen LogP contribution in [0.2, 0.25) is 0 Å². The number of hydrogen-bond acceptors (Lipinski definition) is 4. The van der Waals surface area contributed by atoms with E-state index in [0.29, 0.717) is 40.6 Å². The molecule has 1 N–H and O–H groups in total. The van der Waals surface area contributed by atoms with Crippen molar-refractivity contribution in [1.82, 2.24) is 4.98 Å². The van der Waals surface area contributed by atoms with Crippen LogP contribution in [-0.4, -0.2) is 24.1 Å². The van der Waals surface area contributed by atoms with E-state index in [4.69, 9.17) is 9.47 Å². The predicted octanol–water partition coefficient (Wildman–Crippen LogP) is 2.87. The number of ether oxygens (including phenoxy) is 2. The zero-order valence-electron chi connectivity index (χ0n) is 10.4. The van der Waals surface area contributed by atoms with Gasteiger partial charge in [0.15, 0.2) is 11.5 Å². The molecule has 0 radical (unpaired) electrons. The smallest absolute Gasteiger partial charge is 0.258 e. The predicted molar refractivity (Wildman–Crippen MR) is 77.3 cm³/mol. The number of hydrogen-bond donors (Lipinski definition) is 1. The molecule has 1 aromatic carbocycles. The average Bonchev–Trinajstić information content (AvgIpc) is 2.47. The summed E-state index contributed by atoms with van der Waals surface area (Å²) in [6.07, 6.45) is 1.62. The minimum atomic E-state index is -0.257. The number of fused-ring (bicyclic) bond motifs is 1. The molecule has 0 unspecified atom stereocenters. The summed E-state index contributed by atoms with van der Waals surface area (Å²) in [4.78, 5) is 16.3. The Hall–Kier alpha value is -2.08. The van der Waals surface area contributed by atoms with Crippen LogP contribution in [0.5, 0.6) is 11.5 Å². The molecule has 1 aliphatic rings. The van der Waals surface area contributed by atoms with Gasteiger partial charge in [-0.05, 0) is 40.2 Å². The van der Waals surface area contributed by atoms with Crippen molar-refractivity contribution in [3.63, 3.8) is 0 Å². The number of benzene rings is 1. The Morgan fingerprint density at radius 1 is 1.20 bits per heavy atom. The minimum absolute atomic E-state index is 0.257. The second-order valence-corrected chi connectivity index (χ2v) is 5.00. The van der Waals surface area contributed by atoms with E-state index in [1.165, 1.54) is 0 Å². The van der Waals surface area contributed by atoms with Gasteiger partial charge in [-0.2, -0.15) is 0 Å². The molecule has 5 nitrogen and oxygen atoms in total. The number of carbonyl (C=O) groups excluding carboxylic acids is 1. The molecular weight excluding hydrogens is 324 g/mol. The number of halogens is 1. The Labute approximate surface area is 124 Å². The van der Waals surface area contributed by atoms with Gasteiger partial charge in [-0.1, -0.05) is 6.07 Å². The summed E-state index contributed by atoms with van der Waals surface area (Å²) in [5, 5.41) is 2.73. The van der Waals surface area contributed by atoms with E-state index in [0.717, 1.165) is 0 Å². The molecule has 0 fully saturated rings. The highest BCUT2D eigenvalue weighted by Gasteiger charge is 2.18. The number of rotatable bonds is 2. The van der Waals surface area contributed by atoms with E-state index >= 15 is 0 Å². The third kappa shape index (κ3) is 2.60. The molecule has 20 heavy (non-hydrogen) atoms. The minimum Gasteiger partial charge on any atom is -0.486 e. The normalized spacial score (nSPS) is 12.8. The van der Waals surface area contributed by atoms with Crippen LogP contribution in [0.25, 0.3) is 0 Å². The van der Waals surface area contributed by atoms with Crippen molar-refractivity contribution in [2.45, 2.75) is 0 Å². The molecule has 0 aliphatic carbocycles. The SMILES string of the molecule is O=C(Nc1ccccn1)c1cc2c(cc1Br)OCCO2. The van der Waals surface area contributed by atoms with Gasteiger partial charge in [0.05, 0.1) is 5.56 Å². The molecule has 1 amide bonds. The standard InChI is InChI=1S/C14H11BrN2O3/c15-10-8-12-11(19-5-6-20-12)7-9(10)14(18)17-13-3-1-2-4-16-13/h1-4,7-8H,5-6H2,(H,16,17,18). The molecular formula is C14H11BrN2O3. The lowest BCUT2D eigenvalue weighted by Crippen LogP contribution is -2.18. The molecule has 0 saturated carbocycles. The topological polar surface area (TPSA) is 60.5 Å². The zero-order valence-corrected chi connectivity index (χ0v) is 12.0. The van der Waals surface area contributed by atoms with Crippen molar-refractivity contribution in [3.05, 3.63) is 46.6 Å². The highest BCUT2D eigenvalue weighted by molar-refractivity contribution is 9.10. The maximum atomic E-state index is 12.2. The zero-order chi connectivity index (χ0) is 13.9. The number of aromatic nitrogens is 1. The van der Waals surface area contributed by atoms with Crippen molar-refractivity contribution >= 4 is 27.7 Å². The van der Waals surface area contributed by atoms with Crippen LogP contribution in [0.3, 0.4) is 0 Å². The van der Waals surface area contributed by atoms with Gasteiger partial charge in [0.2, 0.25) is 0 Å². The monoisotopic (exact) mass is 334 g/mol. The lowest BCUT2D eigenvalue weighted by atomic mass is 10.2. The Bertz CT molecular complexity index is 646. The van der Waals surface area contributed by atoms with Crippen molar-refractivity contribution in [2.75, 3.05) is 18.5 Å². The molecule has 6 heteroatoms. The number of anilines is 1. The average molecular weight is 335 g/mol. The highest BCUT2D eigenvalue weighted by Crippen LogP contribution is 2.35. The first-order valence-corrected chi connectivity index (χ1v) is 6.85. The first-order chi connectivity index (χ1) is 9.74. The number of amides is 1. The molecule has 2 aromatic rings. The lowest BCUT2D eigenvalue weighted by Gasteiger charge is -2.19. The van der Waals surface area contributed by atoms with Crippen molar-refractivity contribution in [1.29, 1.82) is 0 Å². The van der Waals surface area contributed by atoms with Crippen molar-refractivity contribution in [3.8, 4) is 11.5 Å². The molecule has 0 spiro atoms. The quantitative estimate of drug-likeness (QED) is 0.917. The maximum Gasteiger partial charge on any atom is 0.258 e. The third-order valence-electron chi connectivity index (χ3n) is 2.78. The molecule has 1 aliphatic heterocycles. The van der Waals surface area contributed by atoms with Crippen LogP contribution in [0.4, 0.5) is 5.82 Å². The molecule has 0 bridgehead atoms. The van der Waals surface area contributed by atoms with Crippen LogP contribution < -0.4 is 14.8 Å². The number of pyridine rings is 1. The Morgan fingerprint density at radius 2 is 1.95 bits per heavy atom. The summed E-state index contributed by atoms with van der Waals surface area (Å²) >= 11 is 3.37.